The van der Waals surface area contributed by atoms with Gasteiger partial charge in [-0.15, -0.1) is 0 Å². The lowest BCUT2D eigenvalue weighted by atomic mass is 9.86. The number of nitrogens with one attached hydrogen (secondary N) is 2. The van der Waals surface area contributed by atoms with Gasteiger partial charge in [0.15, 0.2) is 0 Å². The predicted octanol–water partition coefficient (Wildman–Crippen LogP) is 1.86. The van der Waals surface area contributed by atoms with E-state index in [0.717, 1.165) is 16.8 Å². The fourth-order valence-corrected chi connectivity index (χ4v) is 4.39. The Hall–Kier alpha value is -2.71. The Morgan fingerprint density at radius 3 is 2.38 bits per heavy atom. The molecule has 3 rings (SSSR count). The van der Waals surface area contributed by atoms with E-state index in [1.165, 1.54) is 4.90 Å². The zero-order chi connectivity index (χ0) is 23.6. The molecule has 1 aromatic heterocycles. The lowest BCUT2D eigenvalue weighted by Gasteiger charge is -2.34. The molecule has 1 aromatic carbocycles. The number of hydrogen-bond donors (Lipinski definition) is 3. The lowest BCUT2D eigenvalue weighted by molar-refractivity contribution is -0.142. The standard InChI is InChI=1S/C24H35N5O3/c1-15(16-7-9-17(10-8-16)19-11-12-26-28(19)6)27-22(31)20-13-18(30)14-29(20)23(32)21(25-5)24(2,3)4/h7-12,15,18,20-21,25,30H,13-14H2,1-6H3,(H,27,31)/t15-,18+,20-,21+/m0/s1. The number of aliphatic hydroxyl groups is 1. The maximum absolute atomic E-state index is 13.2. The number of carbonyl (C=O) groups excluding carboxylic acids is 2. The number of aryl methyl sites for hydroxylation is 1. The van der Waals surface area contributed by atoms with Crippen molar-refractivity contribution >= 4 is 11.8 Å². The first-order valence-electron chi connectivity index (χ1n) is 11.1. The molecular weight excluding hydrogens is 406 g/mol. The van der Waals surface area contributed by atoms with Crippen LogP contribution >= 0.6 is 0 Å². The normalized spacial score (nSPS) is 20.8. The Balaban J connectivity index is 1.70. The number of aromatic nitrogens is 2. The number of likely N-dealkylation sites (tertiary alicyclic amines) is 1. The lowest BCUT2D eigenvalue weighted by Crippen LogP contribution is -2.56. The molecule has 0 radical (unpaired) electrons. The van der Waals surface area contributed by atoms with Gasteiger partial charge in [-0.2, -0.15) is 5.10 Å². The van der Waals surface area contributed by atoms with E-state index in [0.29, 0.717) is 0 Å². The molecule has 2 amide bonds. The zero-order valence-electron chi connectivity index (χ0n) is 19.8. The van der Waals surface area contributed by atoms with Crippen LogP contribution in [0.4, 0.5) is 0 Å². The first-order valence-corrected chi connectivity index (χ1v) is 11.1. The summed E-state index contributed by atoms with van der Waals surface area (Å²) in [5, 5.41) is 20.5. The van der Waals surface area contributed by atoms with Crippen LogP contribution in [0.15, 0.2) is 36.5 Å². The summed E-state index contributed by atoms with van der Waals surface area (Å²) in [6.07, 6.45) is 1.29. The van der Waals surface area contributed by atoms with E-state index in [2.05, 4.69) is 15.7 Å². The molecule has 2 heterocycles. The average Bonchev–Trinajstić information content (AvgIpc) is 3.33. The molecular formula is C24H35N5O3. The number of carbonyl (C=O) groups is 2. The summed E-state index contributed by atoms with van der Waals surface area (Å²) in [5.74, 6) is -0.410. The summed E-state index contributed by atoms with van der Waals surface area (Å²) in [6.45, 7) is 8.01. The minimum absolute atomic E-state index is 0.162. The van der Waals surface area contributed by atoms with Crippen molar-refractivity contribution in [3.63, 3.8) is 0 Å². The largest absolute Gasteiger partial charge is 0.391 e. The first kappa shape index (κ1) is 23.9. The fraction of sp³-hybridized carbons (Fsp3) is 0.542. The minimum Gasteiger partial charge on any atom is -0.391 e. The van der Waals surface area contributed by atoms with E-state index in [9.17, 15) is 14.7 Å². The highest BCUT2D eigenvalue weighted by molar-refractivity contribution is 5.91. The Labute approximate surface area is 190 Å². The highest BCUT2D eigenvalue weighted by atomic mass is 16.3. The van der Waals surface area contributed by atoms with Crippen LogP contribution in [0.5, 0.6) is 0 Å². The molecule has 0 bridgehead atoms. The van der Waals surface area contributed by atoms with Crippen LogP contribution in [0.1, 0.15) is 45.7 Å². The van der Waals surface area contributed by atoms with Gasteiger partial charge in [0.2, 0.25) is 11.8 Å². The quantitative estimate of drug-likeness (QED) is 0.636. The number of likely N-dealkylation sites (N-methyl/N-ethyl adjacent to an activating group) is 1. The van der Waals surface area contributed by atoms with Crippen LogP contribution in [0, 0.1) is 5.41 Å². The second kappa shape index (κ2) is 9.42. The minimum atomic E-state index is -0.708. The van der Waals surface area contributed by atoms with E-state index >= 15 is 0 Å². The fourth-order valence-electron chi connectivity index (χ4n) is 4.39. The molecule has 3 N–H and O–H groups in total. The highest BCUT2D eigenvalue weighted by Gasteiger charge is 2.43. The van der Waals surface area contributed by atoms with Crippen molar-refractivity contribution in [3.05, 3.63) is 42.1 Å². The number of benzene rings is 1. The van der Waals surface area contributed by atoms with Gasteiger partial charge in [0, 0.05) is 26.2 Å². The third kappa shape index (κ3) is 5.02. The van der Waals surface area contributed by atoms with Gasteiger partial charge in [-0.3, -0.25) is 14.3 Å². The first-order chi connectivity index (χ1) is 15.0. The van der Waals surface area contributed by atoms with Gasteiger partial charge in [0.05, 0.1) is 23.9 Å². The van der Waals surface area contributed by atoms with Crippen LogP contribution in [-0.4, -0.2) is 63.4 Å². The van der Waals surface area contributed by atoms with Gasteiger partial charge >= 0.3 is 0 Å². The topological polar surface area (TPSA) is 99.5 Å². The van der Waals surface area contributed by atoms with Crippen molar-refractivity contribution < 1.29 is 14.7 Å². The van der Waals surface area contributed by atoms with Crippen molar-refractivity contribution in [1.29, 1.82) is 0 Å². The van der Waals surface area contributed by atoms with Crippen molar-refractivity contribution in [1.82, 2.24) is 25.3 Å². The number of rotatable bonds is 6. The molecule has 0 spiro atoms. The summed E-state index contributed by atoms with van der Waals surface area (Å²) in [4.78, 5) is 27.8. The summed E-state index contributed by atoms with van der Waals surface area (Å²) in [6, 6.07) is 8.56. The molecule has 8 heteroatoms. The van der Waals surface area contributed by atoms with Crippen molar-refractivity contribution in [2.75, 3.05) is 13.6 Å². The molecule has 1 saturated heterocycles. The Bertz CT molecular complexity index is 947. The summed E-state index contributed by atoms with van der Waals surface area (Å²) in [5.41, 5.74) is 2.70. The molecule has 8 nitrogen and oxygen atoms in total. The van der Waals surface area contributed by atoms with Crippen molar-refractivity contribution in [3.8, 4) is 11.3 Å². The summed E-state index contributed by atoms with van der Waals surface area (Å²) in [7, 11) is 3.64. The zero-order valence-corrected chi connectivity index (χ0v) is 19.8. The molecule has 1 aliphatic heterocycles. The summed E-state index contributed by atoms with van der Waals surface area (Å²) < 4.78 is 1.81. The molecule has 174 valence electrons. The molecule has 2 aromatic rings. The SMILES string of the molecule is CN[C@H](C(=O)N1C[C@H](O)C[C@H]1C(=O)N[C@@H](C)c1ccc(-c2ccnn2C)cc1)C(C)(C)C. The molecule has 0 saturated carbocycles. The Kier molecular flexibility index (Phi) is 7.05. The third-order valence-electron chi connectivity index (χ3n) is 6.15. The molecule has 0 aliphatic carbocycles. The van der Waals surface area contributed by atoms with Crippen molar-refractivity contribution in [2.24, 2.45) is 12.5 Å². The van der Waals surface area contributed by atoms with E-state index < -0.39 is 18.2 Å². The Morgan fingerprint density at radius 1 is 1.19 bits per heavy atom. The highest BCUT2D eigenvalue weighted by Crippen LogP contribution is 2.27. The van der Waals surface area contributed by atoms with E-state index in [4.69, 9.17) is 0 Å². The number of nitrogens with zero attached hydrogens (tertiary/aromatic N) is 3. The molecule has 1 fully saturated rings. The van der Waals surface area contributed by atoms with E-state index in [1.54, 1.807) is 13.2 Å². The van der Waals surface area contributed by atoms with Crippen LogP contribution in [0.3, 0.4) is 0 Å². The number of hydrogen-bond acceptors (Lipinski definition) is 5. The average molecular weight is 442 g/mol. The van der Waals surface area contributed by atoms with Gasteiger partial charge in [-0.05, 0) is 36.6 Å². The van der Waals surface area contributed by atoms with Crippen LogP contribution in [0.25, 0.3) is 11.3 Å². The molecule has 0 unspecified atom stereocenters. The maximum Gasteiger partial charge on any atom is 0.243 e. The second-order valence-corrected chi connectivity index (χ2v) is 9.68. The van der Waals surface area contributed by atoms with Gasteiger partial charge in [0.25, 0.3) is 0 Å². The summed E-state index contributed by atoms with van der Waals surface area (Å²) >= 11 is 0. The monoisotopic (exact) mass is 441 g/mol. The number of amides is 2. The molecule has 4 atom stereocenters. The van der Waals surface area contributed by atoms with Crippen LogP contribution in [0.2, 0.25) is 0 Å². The van der Waals surface area contributed by atoms with Gasteiger partial charge in [0.1, 0.15) is 6.04 Å². The van der Waals surface area contributed by atoms with Gasteiger partial charge in [-0.1, -0.05) is 45.0 Å². The van der Waals surface area contributed by atoms with E-state index in [-0.39, 0.29) is 36.2 Å². The predicted molar refractivity (Wildman–Crippen MR) is 124 cm³/mol. The third-order valence-corrected chi connectivity index (χ3v) is 6.15. The maximum atomic E-state index is 13.2. The van der Waals surface area contributed by atoms with Gasteiger partial charge < -0.3 is 20.6 Å². The molecule has 32 heavy (non-hydrogen) atoms. The van der Waals surface area contributed by atoms with Crippen LogP contribution < -0.4 is 10.6 Å². The molecule has 1 aliphatic rings. The van der Waals surface area contributed by atoms with Crippen LogP contribution in [-0.2, 0) is 16.6 Å². The van der Waals surface area contributed by atoms with E-state index in [1.807, 2.05) is 69.8 Å². The second-order valence-electron chi connectivity index (χ2n) is 9.68. The number of aliphatic hydroxyl groups excluding tert-OH is 1. The van der Waals surface area contributed by atoms with Crippen molar-refractivity contribution in [2.45, 2.75) is 58.3 Å². The Morgan fingerprint density at radius 2 is 1.84 bits per heavy atom. The van der Waals surface area contributed by atoms with Gasteiger partial charge in [-0.25, -0.2) is 0 Å². The smallest absolute Gasteiger partial charge is 0.243 e. The number of β-amino-alcohol motifs (C(OH)–C–C–N with tert-alkyl or cyclic N) is 1.